The van der Waals surface area contributed by atoms with Gasteiger partial charge in [0.1, 0.15) is 12.1 Å². The van der Waals surface area contributed by atoms with E-state index in [-0.39, 0.29) is 17.1 Å². The molecule has 2 aromatic rings. The van der Waals surface area contributed by atoms with Crippen molar-refractivity contribution < 1.29 is 24.0 Å². The van der Waals surface area contributed by atoms with Gasteiger partial charge in [-0.15, -0.1) is 0 Å². The summed E-state index contributed by atoms with van der Waals surface area (Å²) >= 11 is 0. The number of aliphatic hydroxyl groups is 1. The predicted molar refractivity (Wildman–Crippen MR) is 149 cm³/mol. The van der Waals surface area contributed by atoms with Crippen LogP contribution in [0.15, 0.2) is 41.1 Å². The van der Waals surface area contributed by atoms with Gasteiger partial charge in [-0.05, 0) is 67.9 Å². The fourth-order valence-electron chi connectivity index (χ4n) is 6.99. The Bertz CT molecular complexity index is 1170. The summed E-state index contributed by atoms with van der Waals surface area (Å²) in [5.74, 6) is -0.742. The Morgan fingerprint density at radius 1 is 1.07 bits per heavy atom. The van der Waals surface area contributed by atoms with E-state index >= 15 is 0 Å². The Morgan fingerprint density at radius 2 is 1.82 bits per heavy atom. The number of likely N-dealkylation sites (tertiary alicyclic amines) is 1. The maximum Gasteiger partial charge on any atom is 0.290 e. The first kappa shape index (κ1) is 28.3. The van der Waals surface area contributed by atoms with Crippen LogP contribution >= 0.6 is 0 Å². The van der Waals surface area contributed by atoms with Crippen LogP contribution in [-0.2, 0) is 21.4 Å². The average Bonchev–Trinajstić information content (AvgIpc) is 3.64. The lowest BCUT2D eigenvalue weighted by atomic mass is 9.74. The largest absolute Gasteiger partial charge is 0.391 e. The van der Waals surface area contributed by atoms with E-state index in [0.717, 1.165) is 44.9 Å². The smallest absolute Gasteiger partial charge is 0.290 e. The van der Waals surface area contributed by atoms with Gasteiger partial charge in [0.2, 0.25) is 17.6 Å². The lowest BCUT2D eigenvalue weighted by Crippen LogP contribution is -2.59. The molecule has 2 heterocycles. The molecular weight excluding hydrogens is 508 g/mol. The van der Waals surface area contributed by atoms with E-state index in [4.69, 9.17) is 4.52 Å². The van der Waals surface area contributed by atoms with Crippen molar-refractivity contribution in [2.45, 2.75) is 101 Å². The van der Waals surface area contributed by atoms with Crippen molar-refractivity contribution in [2.24, 2.45) is 5.92 Å². The van der Waals surface area contributed by atoms with Gasteiger partial charge in [-0.25, -0.2) is 0 Å². The second kappa shape index (κ2) is 12.5. The topological polar surface area (TPSA) is 125 Å². The number of carbonyl (C=O) groups excluding carboxylic acids is 3. The molecule has 1 aliphatic heterocycles. The lowest BCUT2D eigenvalue weighted by molar-refractivity contribution is -0.141. The number of hydrogen-bond acceptors (Lipinski definition) is 6. The quantitative estimate of drug-likeness (QED) is 0.439. The van der Waals surface area contributed by atoms with Gasteiger partial charge >= 0.3 is 0 Å². The standard InChI is InChI=1S/C31H42N4O5/c1-21(36)27(30(39)35-19-16-31(17-20-35)15-13-23-9-5-6-10-24(23)31)34-28(37)25(12-11-22-7-3-2-4-8-22)33-29(38)26-14-18-32-40-26/h5-6,9-10,14,18,21-22,25,27,36H,2-4,7-8,11-13,15-17,19-20H2,1H3,(H,33,38)(H,34,37)/t21-,25+,27+/m1/s1. The van der Waals surface area contributed by atoms with E-state index in [9.17, 15) is 19.5 Å². The van der Waals surface area contributed by atoms with Gasteiger partial charge in [-0.1, -0.05) is 61.5 Å². The minimum absolute atomic E-state index is 0.0225. The number of carbonyl (C=O) groups is 3. The number of nitrogens with zero attached hydrogens (tertiary/aromatic N) is 2. The van der Waals surface area contributed by atoms with Crippen LogP contribution in [-0.4, -0.2) is 64.2 Å². The zero-order valence-electron chi connectivity index (χ0n) is 23.4. The van der Waals surface area contributed by atoms with Crippen LogP contribution in [0.4, 0.5) is 0 Å². The van der Waals surface area contributed by atoms with Gasteiger partial charge in [0.25, 0.3) is 5.91 Å². The molecule has 0 bridgehead atoms. The molecule has 3 atom stereocenters. The van der Waals surface area contributed by atoms with E-state index in [2.05, 4.69) is 40.1 Å². The van der Waals surface area contributed by atoms with Gasteiger partial charge in [-0.2, -0.15) is 0 Å². The first-order valence-electron chi connectivity index (χ1n) is 14.9. The third kappa shape index (κ3) is 6.24. The highest BCUT2D eigenvalue weighted by Crippen LogP contribution is 2.46. The summed E-state index contributed by atoms with van der Waals surface area (Å²) in [5, 5.41) is 19.7. The molecule has 216 valence electrons. The van der Waals surface area contributed by atoms with Gasteiger partial charge in [0.15, 0.2) is 0 Å². The molecule has 1 saturated heterocycles. The highest BCUT2D eigenvalue weighted by atomic mass is 16.5. The SMILES string of the molecule is C[C@@H](O)[C@H](NC(=O)[C@H](CCC1CCCCC1)NC(=O)c1ccno1)C(=O)N1CCC2(CCc3ccccc32)CC1. The monoisotopic (exact) mass is 550 g/mol. The molecule has 9 heteroatoms. The third-order valence-electron chi connectivity index (χ3n) is 9.41. The van der Waals surface area contributed by atoms with Gasteiger partial charge in [-0.3, -0.25) is 14.4 Å². The van der Waals surface area contributed by atoms with Crippen LogP contribution in [0, 0.1) is 5.92 Å². The minimum atomic E-state index is -1.09. The van der Waals surface area contributed by atoms with E-state index in [1.54, 1.807) is 4.90 Å². The number of aryl methyl sites for hydroxylation is 1. The summed E-state index contributed by atoms with van der Waals surface area (Å²) in [6.07, 6.45) is 11.3. The van der Waals surface area contributed by atoms with Crippen molar-refractivity contribution in [3.63, 3.8) is 0 Å². The predicted octanol–water partition coefficient (Wildman–Crippen LogP) is 3.51. The van der Waals surface area contributed by atoms with Crippen LogP contribution in [0.2, 0.25) is 0 Å². The molecule has 2 fully saturated rings. The zero-order chi connectivity index (χ0) is 28.1. The average molecular weight is 551 g/mol. The number of nitrogens with one attached hydrogen (secondary N) is 2. The summed E-state index contributed by atoms with van der Waals surface area (Å²) in [5.41, 5.74) is 2.92. The van der Waals surface area contributed by atoms with E-state index < -0.39 is 30.0 Å². The van der Waals surface area contributed by atoms with Crippen LogP contribution in [0.25, 0.3) is 0 Å². The van der Waals surface area contributed by atoms with Crippen molar-refractivity contribution in [2.75, 3.05) is 13.1 Å². The Morgan fingerprint density at radius 3 is 2.52 bits per heavy atom. The normalized spacial score (nSPS) is 20.9. The molecule has 1 aromatic carbocycles. The molecule has 3 amide bonds. The first-order chi connectivity index (χ1) is 19.4. The number of fused-ring (bicyclic) bond motifs is 2. The summed E-state index contributed by atoms with van der Waals surface area (Å²) in [6.45, 7) is 2.69. The number of aromatic nitrogens is 1. The maximum atomic E-state index is 13.6. The van der Waals surface area contributed by atoms with Crippen LogP contribution in [0.3, 0.4) is 0 Å². The number of rotatable bonds is 9. The molecule has 2 aliphatic carbocycles. The number of piperidine rings is 1. The molecule has 1 spiro atoms. The van der Waals surface area contributed by atoms with Crippen LogP contribution in [0.1, 0.15) is 92.8 Å². The molecule has 0 radical (unpaired) electrons. The highest BCUT2D eigenvalue weighted by Gasteiger charge is 2.43. The van der Waals surface area contributed by atoms with Crippen molar-refractivity contribution in [3.05, 3.63) is 53.4 Å². The van der Waals surface area contributed by atoms with Gasteiger partial charge < -0.3 is 25.2 Å². The number of aliphatic hydroxyl groups excluding tert-OH is 1. The van der Waals surface area contributed by atoms with Crippen molar-refractivity contribution >= 4 is 17.7 Å². The van der Waals surface area contributed by atoms with Crippen molar-refractivity contribution in [1.82, 2.24) is 20.7 Å². The van der Waals surface area contributed by atoms with Gasteiger partial charge in [0.05, 0.1) is 12.3 Å². The summed E-state index contributed by atoms with van der Waals surface area (Å²) < 4.78 is 4.97. The molecule has 9 nitrogen and oxygen atoms in total. The number of amides is 3. The molecule has 3 N–H and O–H groups in total. The fraction of sp³-hybridized carbons (Fsp3) is 0.613. The second-order valence-corrected chi connectivity index (χ2v) is 12.0. The van der Waals surface area contributed by atoms with Gasteiger partial charge in [0, 0.05) is 19.2 Å². The molecule has 40 heavy (non-hydrogen) atoms. The van der Waals surface area contributed by atoms with Crippen molar-refractivity contribution in [1.29, 1.82) is 0 Å². The fourth-order valence-corrected chi connectivity index (χ4v) is 6.99. The zero-order valence-corrected chi connectivity index (χ0v) is 23.4. The van der Waals surface area contributed by atoms with Crippen LogP contribution < -0.4 is 10.6 Å². The molecular formula is C31H42N4O5. The molecule has 3 aliphatic rings. The summed E-state index contributed by atoms with van der Waals surface area (Å²) in [4.78, 5) is 41.6. The molecule has 1 aromatic heterocycles. The Kier molecular flexibility index (Phi) is 8.88. The van der Waals surface area contributed by atoms with Crippen molar-refractivity contribution in [3.8, 4) is 0 Å². The number of hydrogen-bond donors (Lipinski definition) is 3. The molecule has 5 rings (SSSR count). The number of benzene rings is 1. The lowest BCUT2D eigenvalue weighted by Gasteiger charge is -2.41. The highest BCUT2D eigenvalue weighted by molar-refractivity contribution is 5.96. The summed E-state index contributed by atoms with van der Waals surface area (Å²) in [7, 11) is 0. The third-order valence-corrected chi connectivity index (χ3v) is 9.41. The Labute approximate surface area is 236 Å². The molecule has 0 unspecified atom stereocenters. The van der Waals surface area contributed by atoms with E-state index in [1.807, 2.05) is 0 Å². The first-order valence-corrected chi connectivity index (χ1v) is 14.9. The second-order valence-electron chi connectivity index (χ2n) is 12.0. The summed E-state index contributed by atoms with van der Waals surface area (Å²) in [6, 6.07) is 8.10. The maximum absolute atomic E-state index is 13.6. The minimum Gasteiger partial charge on any atom is -0.391 e. The molecule has 1 saturated carbocycles. The Hall–Kier alpha value is -3.20. The van der Waals surface area contributed by atoms with Crippen LogP contribution in [0.5, 0.6) is 0 Å². The Balaban J connectivity index is 1.23. The van der Waals surface area contributed by atoms with E-state index in [0.29, 0.717) is 25.4 Å². The van der Waals surface area contributed by atoms with E-state index in [1.165, 1.54) is 49.6 Å².